The summed E-state index contributed by atoms with van der Waals surface area (Å²) in [6.45, 7) is 0. The highest BCUT2D eigenvalue weighted by molar-refractivity contribution is 7.85. The third kappa shape index (κ3) is 1.69. The molecule has 0 spiro atoms. The van der Waals surface area contributed by atoms with Crippen LogP contribution in [0.4, 0.5) is 0 Å². The van der Waals surface area contributed by atoms with Crippen LogP contribution >= 0.6 is 24.8 Å². The highest BCUT2D eigenvalue weighted by Crippen LogP contribution is 2.28. The number of hydrogen-bond acceptors (Lipinski definition) is 5. The highest BCUT2D eigenvalue weighted by atomic mass is 32.1. The van der Waals surface area contributed by atoms with E-state index >= 15 is 0 Å². The van der Waals surface area contributed by atoms with Crippen molar-refractivity contribution in [2.75, 3.05) is 0 Å². The van der Waals surface area contributed by atoms with E-state index in [1.165, 1.54) is 6.34 Å². The number of benzene rings is 1. The van der Waals surface area contributed by atoms with Gasteiger partial charge in [0.25, 0.3) is 0 Å². The lowest BCUT2D eigenvalue weighted by molar-refractivity contribution is 0.870. The molecular weight excluding hydrogens is 252 g/mol. The maximum atomic E-state index is 5.24. The molecule has 0 saturated heterocycles. The second kappa shape index (κ2) is 3.75. The Hall–Kier alpha value is -1.53. The van der Waals surface area contributed by atoms with Crippen LogP contribution in [0.5, 0.6) is 0 Å². The predicted molar refractivity (Wildman–Crippen MR) is 76.4 cm³/mol. The summed E-state index contributed by atoms with van der Waals surface area (Å²) in [5.41, 5.74) is 1.53. The van der Waals surface area contributed by atoms with Gasteiger partial charge in [-0.3, -0.25) is 0 Å². The van der Waals surface area contributed by atoms with Crippen LogP contribution in [0.3, 0.4) is 0 Å². The SMILES string of the molecule is S=C1NC(c2ccccc2)=NC2(S)N=CN=C12. The van der Waals surface area contributed by atoms with Crippen molar-refractivity contribution in [2.45, 2.75) is 4.99 Å². The van der Waals surface area contributed by atoms with Gasteiger partial charge in [0, 0.05) is 5.56 Å². The summed E-state index contributed by atoms with van der Waals surface area (Å²) in [5, 5.41) is 3.05. The molecule has 2 aliphatic rings. The van der Waals surface area contributed by atoms with Gasteiger partial charge in [-0.25, -0.2) is 15.0 Å². The summed E-state index contributed by atoms with van der Waals surface area (Å²) >= 11 is 9.67. The minimum atomic E-state index is -0.965. The molecule has 1 aromatic rings. The fourth-order valence-electron chi connectivity index (χ4n) is 1.69. The molecule has 17 heavy (non-hydrogen) atoms. The van der Waals surface area contributed by atoms with E-state index in [9.17, 15) is 0 Å². The molecule has 1 aromatic carbocycles. The van der Waals surface area contributed by atoms with E-state index < -0.39 is 4.99 Å². The quantitative estimate of drug-likeness (QED) is 0.593. The van der Waals surface area contributed by atoms with Gasteiger partial charge < -0.3 is 5.32 Å². The Morgan fingerprint density at radius 1 is 1.24 bits per heavy atom. The van der Waals surface area contributed by atoms with Crippen molar-refractivity contribution in [3.05, 3.63) is 35.9 Å². The standard InChI is InChI=1S/C11H8N4S2/c16-10-8-11(17,13-6-12-8)15-9(14-10)7-4-2-1-3-5-7/h1-6,17H,(H,14,15,16). The third-order valence-electron chi connectivity index (χ3n) is 2.50. The first-order valence-corrected chi connectivity index (χ1v) is 5.85. The van der Waals surface area contributed by atoms with E-state index in [1.807, 2.05) is 30.3 Å². The molecule has 0 aromatic heterocycles. The van der Waals surface area contributed by atoms with Crippen LogP contribution in [-0.2, 0) is 0 Å². The number of amidine groups is 1. The highest BCUT2D eigenvalue weighted by Gasteiger charge is 2.40. The van der Waals surface area contributed by atoms with E-state index in [4.69, 9.17) is 12.2 Å². The topological polar surface area (TPSA) is 49.1 Å². The maximum Gasteiger partial charge on any atom is 0.243 e. The van der Waals surface area contributed by atoms with E-state index in [0.717, 1.165) is 5.56 Å². The summed E-state index contributed by atoms with van der Waals surface area (Å²) in [4.78, 5) is 12.2. The Balaban J connectivity index is 2.09. The number of nitrogens with zero attached hydrogens (tertiary/aromatic N) is 3. The van der Waals surface area contributed by atoms with Crippen LogP contribution in [0.25, 0.3) is 0 Å². The second-order valence-electron chi connectivity index (χ2n) is 3.64. The Bertz CT molecular complexity index is 576. The largest absolute Gasteiger partial charge is 0.329 e. The first-order valence-electron chi connectivity index (χ1n) is 5.00. The fraction of sp³-hybridized carbons (Fsp3) is 0.0909. The van der Waals surface area contributed by atoms with E-state index in [2.05, 4.69) is 32.9 Å². The van der Waals surface area contributed by atoms with E-state index in [-0.39, 0.29) is 0 Å². The maximum absolute atomic E-state index is 5.24. The van der Waals surface area contributed by atoms with Gasteiger partial charge in [0.15, 0.2) is 0 Å². The number of hydrogen-bond donors (Lipinski definition) is 2. The first-order chi connectivity index (χ1) is 8.19. The minimum absolute atomic E-state index is 0.520. The minimum Gasteiger partial charge on any atom is -0.329 e. The zero-order valence-electron chi connectivity index (χ0n) is 8.66. The average molecular weight is 260 g/mol. The summed E-state index contributed by atoms with van der Waals surface area (Å²) in [7, 11) is 0. The van der Waals surface area contributed by atoms with Crippen LogP contribution in [-0.4, -0.2) is 27.9 Å². The lowest BCUT2D eigenvalue weighted by Gasteiger charge is -2.26. The number of aliphatic imine (C=N–C) groups is 3. The summed E-state index contributed by atoms with van der Waals surface area (Å²) in [5.74, 6) is 0.670. The van der Waals surface area contributed by atoms with Crippen molar-refractivity contribution < 1.29 is 0 Å². The van der Waals surface area contributed by atoms with Crippen molar-refractivity contribution in [3.8, 4) is 0 Å². The van der Waals surface area contributed by atoms with Gasteiger partial charge in [-0.15, -0.1) is 12.6 Å². The molecule has 1 unspecified atom stereocenters. The van der Waals surface area contributed by atoms with Crippen molar-refractivity contribution in [2.24, 2.45) is 15.0 Å². The lowest BCUT2D eigenvalue weighted by Crippen LogP contribution is -2.48. The molecule has 1 atom stereocenters. The number of fused-ring (bicyclic) bond motifs is 1. The molecule has 6 heteroatoms. The molecule has 0 amide bonds. The molecule has 2 heterocycles. The normalized spacial score (nSPS) is 26.1. The van der Waals surface area contributed by atoms with Crippen molar-refractivity contribution >= 4 is 47.7 Å². The molecule has 0 bridgehead atoms. The smallest absolute Gasteiger partial charge is 0.243 e. The zero-order chi connectivity index (χ0) is 11.9. The van der Waals surface area contributed by atoms with Crippen LogP contribution < -0.4 is 5.32 Å². The molecule has 4 nitrogen and oxygen atoms in total. The number of thiocarbonyl (C=S) groups is 1. The molecular formula is C11H8N4S2. The Labute approximate surface area is 109 Å². The van der Waals surface area contributed by atoms with Crippen LogP contribution in [0.2, 0.25) is 0 Å². The Morgan fingerprint density at radius 2 is 2.00 bits per heavy atom. The molecule has 0 radical (unpaired) electrons. The van der Waals surface area contributed by atoms with Crippen molar-refractivity contribution in [1.82, 2.24) is 5.32 Å². The van der Waals surface area contributed by atoms with Crippen LogP contribution in [0.15, 0.2) is 45.3 Å². The van der Waals surface area contributed by atoms with Gasteiger partial charge in [-0.2, -0.15) is 0 Å². The van der Waals surface area contributed by atoms with Crippen LogP contribution in [0, 0.1) is 0 Å². The van der Waals surface area contributed by atoms with E-state index in [0.29, 0.717) is 16.5 Å². The van der Waals surface area contributed by atoms with Gasteiger partial charge in [0.2, 0.25) is 4.99 Å². The molecule has 1 N–H and O–H groups in total. The predicted octanol–water partition coefficient (Wildman–Crippen LogP) is 1.43. The lowest BCUT2D eigenvalue weighted by atomic mass is 10.1. The third-order valence-corrected chi connectivity index (χ3v) is 3.23. The summed E-state index contributed by atoms with van der Waals surface area (Å²) < 4.78 is 0. The molecule has 0 saturated carbocycles. The average Bonchev–Trinajstić information content (AvgIpc) is 2.72. The van der Waals surface area contributed by atoms with Gasteiger partial charge in [0.1, 0.15) is 22.9 Å². The van der Waals surface area contributed by atoms with Crippen LogP contribution in [0.1, 0.15) is 5.56 Å². The Morgan fingerprint density at radius 3 is 2.76 bits per heavy atom. The Kier molecular flexibility index (Phi) is 2.34. The number of rotatable bonds is 1. The molecule has 84 valence electrons. The zero-order valence-corrected chi connectivity index (χ0v) is 10.4. The van der Waals surface area contributed by atoms with Gasteiger partial charge >= 0.3 is 0 Å². The molecule has 2 aliphatic heterocycles. The van der Waals surface area contributed by atoms with Gasteiger partial charge in [-0.1, -0.05) is 42.5 Å². The summed E-state index contributed by atoms with van der Waals surface area (Å²) in [6, 6.07) is 9.73. The van der Waals surface area contributed by atoms with Crippen molar-refractivity contribution in [1.29, 1.82) is 0 Å². The fourth-order valence-corrected chi connectivity index (χ4v) is 2.38. The van der Waals surface area contributed by atoms with Crippen molar-refractivity contribution in [3.63, 3.8) is 0 Å². The number of thiol groups is 1. The summed E-state index contributed by atoms with van der Waals surface area (Å²) in [6.07, 6.45) is 1.44. The molecule has 0 fully saturated rings. The molecule has 3 rings (SSSR count). The van der Waals surface area contributed by atoms with Gasteiger partial charge in [0.05, 0.1) is 0 Å². The number of nitrogens with one attached hydrogen (secondary N) is 1. The van der Waals surface area contributed by atoms with Gasteiger partial charge in [-0.05, 0) is 0 Å². The monoisotopic (exact) mass is 260 g/mol. The van der Waals surface area contributed by atoms with E-state index in [1.54, 1.807) is 0 Å². The first kappa shape index (κ1) is 10.6. The second-order valence-corrected chi connectivity index (χ2v) is 4.67. The molecule has 0 aliphatic carbocycles.